The van der Waals surface area contributed by atoms with Crippen LogP contribution in [-0.4, -0.2) is 12.6 Å². The van der Waals surface area contributed by atoms with Gasteiger partial charge in [0.05, 0.1) is 0 Å². The van der Waals surface area contributed by atoms with Crippen LogP contribution in [0.2, 0.25) is 0 Å². The predicted molar refractivity (Wildman–Crippen MR) is 77.4 cm³/mol. The van der Waals surface area contributed by atoms with Gasteiger partial charge in [-0.25, -0.2) is 0 Å². The van der Waals surface area contributed by atoms with E-state index in [1.165, 1.54) is 77.2 Å². The smallest absolute Gasteiger partial charge is 0.00672 e. The van der Waals surface area contributed by atoms with E-state index in [9.17, 15) is 0 Å². The van der Waals surface area contributed by atoms with Crippen LogP contribution in [0.5, 0.6) is 0 Å². The third-order valence-corrected chi connectivity index (χ3v) is 4.17. The summed E-state index contributed by atoms with van der Waals surface area (Å²) in [6, 6.07) is 0.839. The van der Waals surface area contributed by atoms with Crippen molar-refractivity contribution in [2.24, 2.45) is 5.92 Å². The molecule has 17 heavy (non-hydrogen) atoms. The summed E-state index contributed by atoms with van der Waals surface area (Å²) in [7, 11) is 0. The second-order valence-corrected chi connectivity index (χ2v) is 6.05. The Hall–Kier alpha value is -0.0400. The summed E-state index contributed by atoms with van der Waals surface area (Å²) in [5.41, 5.74) is 0. The third-order valence-electron chi connectivity index (χ3n) is 4.17. The Labute approximate surface area is 109 Å². The first-order valence-corrected chi connectivity index (χ1v) is 8.06. The molecule has 0 aromatic carbocycles. The molecule has 1 rings (SSSR count). The zero-order valence-corrected chi connectivity index (χ0v) is 12.1. The van der Waals surface area contributed by atoms with Gasteiger partial charge < -0.3 is 5.32 Å². The molecule has 1 fully saturated rings. The Morgan fingerprint density at radius 3 is 2.12 bits per heavy atom. The summed E-state index contributed by atoms with van der Waals surface area (Å²) in [6.07, 6.45) is 15.8. The second-order valence-electron chi connectivity index (χ2n) is 6.05. The molecule has 1 heterocycles. The van der Waals surface area contributed by atoms with Gasteiger partial charge in [-0.15, -0.1) is 0 Å². The number of rotatable bonds is 9. The fraction of sp³-hybridized carbons (Fsp3) is 1.00. The van der Waals surface area contributed by atoms with Crippen LogP contribution in [0.3, 0.4) is 0 Å². The monoisotopic (exact) mass is 239 g/mol. The molecule has 0 radical (unpaired) electrons. The van der Waals surface area contributed by atoms with E-state index in [1.807, 2.05) is 0 Å². The lowest BCUT2D eigenvalue weighted by atomic mass is 9.93. The normalized spacial score (nSPS) is 25.1. The number of hydrogen-bond acceptors (Lipinski definition) is 1. The molecule has 0 amide bonds. The SMILES string of the molecule is CCCCCCCCCCC1CCC(C)CN1. The van der Waals surface area contributed by atoms with Crippen molar-refractivity contribution in [1.82, 2.24) is 5.32 Å². The summed E-state index contributed by atoms with van der Waals surface area (Å²) < 4.78 is 0. The minimum absolute atomic E-state index is 0.839. The van der Waals surface area contributed by atoms with Gasteiger partial charge in [0.2, 0.25) is 0 Å². The Bertz CT molecular complexity index is 159. The highest BCUT2D eigenvalue weighted by Crippen LogP contribution is 2.18. The maximum atomic E-state index is 3.69. The van der Waals surface area contributed by atoms with Gasteiger partial charge in [-0.3, -0.25) is 0 Å². The van der Waals surface area contributed by atoms with Crippen molar-refractivity contribution in [2.45, 2.75) is 90.5 Å². The van der Waals surface area contributed by atoms with Gasteiger partial charge in [0, 0.05) is 6.04 Å². The minimum atomic E-state index is 0.839. The molecule has 0 aromatic heterocycles. The molecule has 1 N–H and O–H groups in total. The summed E-state index contributed by atoms with van der Waals surface area (Å²) in [4.78, 5) is 0. The van der Waals surface area contributed by atoms with E-state index in [2.05, 4.69) is 19.2 Å². The first kappa shape index (κ1) is 15.0. The zero-order valence-electron chi connectivity index (χ0n) is 12.1. The maximum absolute atomic E-state index is 3.69. The molecule has 2 unspecified atom stereocenters. The van der Waals surface area contributed by atoms with Crippen molar-refractivity contribution in [3.8, 4) is 0 Å². The Morgan fingerprint density at radius 2 is 1.53 bits per heavy atom. The molecule has 0 saturated carbocycles. The lowest BCUT2D eigenvalue weighted by molar-refractivity contribution is 0.309. The Morgan fingerprint density at radius 1 is 0.882 bits per heavy atom. The summed E-state index contributed by atoms with van der Waals surface area (Å²) in [5.74, 6) is 0.907. The van der Waals surface area contributed by atoms with E-state index >= 15 is 0 Å². The van der Waals surface area contributed by atoms with Crippen LogP contribution < -0.4 is 5.32 Å². The van der Waals surface area contributed by atoms with Crippen molar-refractivity contribution in [3.63, 3.8) is 0 Å². The van der Waals surface area contributed by atoms with Crippen LogP contribution in [0, 0.1) is 5.92 Å². The van der Waals surface area contributed by atoms with Crippen molar-refractivity contribution >= 4 is 0 Å². The number of hydrogen-bond donors (Lipinski definition) is 1. The van der Waals surface area contributed by atoms with E-state index in [1.54, 1.807) is 0 Å². The molecular formula is C16H33N. The van der Waals surface area contributed by atoms with E-state index in [0.717, 1.165) is 12.0 Å². The number of nitrogens with one attached hydrogen (secondary N) is 1. The molecule has 1 saturated heterocycles. The quantitative estimate of drug-likeness (QED) is 0.564. The van der Waals surface area contributed by atoms with E-state index in [0.29, 0.717) is 0 Å². The molecule has 102 valence electrons. The molecule has 0 bridgehead atoms. The predicted octanol–water partition coefficient (Wildman–Crippen LogP) is 4.91. The standard InChI is InChI=1S/C16H33N/c1-3-4-5-6-7-8-9-10-11-16-13-12-15(2)14-17-16/h15-17H,3-14H2,1-2H3. The van der Waals surface area contributed by atoms with Gasteiger partial charge in [-0.05, 0) is 31.7 Å². The first-order chi connectivity index (χ1) is 8.33. The molecule has 2 atom stereocenters. The summed E-state index contributed by atoms with van der Waals surface area (Å²) in [5, 5.41) is 3.69. The fourth-order valence-electron chi connectivity index (χ4n) is 2.83. The lowest BCUT2D eigenvalue weighted by Gasteiger charge is -2.27. The molecule has 1 aliphatic heterocycles. The molecule has 1 aliphatic rings. The van der Waals surface area contributed by atoms with Crippen LogP contribution in [0.15, 0.2) is 0 Å². The molecule has 0 spiro atoms. The lowest BCUT2D eigenvalue weighted by Crippen LogP contribution is -2.37. The van der Waals surface area contributed by atoms with Crippen LogP contribution in [0.1, 0.15) is 84.5 Å². The van der Waals surface area contributed by atoms with Gasteiger partial charge in [0.1, 0.15) is 0 Å². The van der Waals surface area contributed by atoms with Gasteiger partial charge in [-0.1, -0.05) is 65.2 Å². The third kappa shape index (κ3) is 7.81. The highest BCUT2D eigenvalue weighted by Gasteiger charge is 2.16. The van der Waals surface area contributed by atoms with E-state index in [4.69, 9.17) is 0 Å². The van der Waals surface area contributed by atoms with Gasteiger partial charge >= 0.3 is 0 Å². The number of unbranched alkanes of at least 4 members (excludes halogenated alkanes) is 7. The molecule has 0 aliphatic carbocycles. The zero-order chi connectivity index (χ0) is 12.3. The minimum Gasteiger partial charge on any atom is -0.314 e. The van der Waals surface area contributed by atoms with Crippen molar-refractivity contribution in [3.05, 3.63) is 0 Å². The Kier molecular flexibility index (Phi) is 8.78. The van der Waals surface area contributed by atoms with Gasteiger partial charge in [0.25, 0.3) is 0 Å². The number of piperidine rings is 1. The second kappa shape index (κ2) is 9.94. The summed E-state index contributed by atoms with van der Waals surface area (Å²) >= 11 is 0. The first-order valence-electron chi connectivity index (χ1n) is 8.06. The maximum Gasteiger partial charge on any atom is 0.00672 e. The topological polar surface area (TPSA) is 12.0 Å². The average Bonchev–Trinajstić information content (AvgIpc) is 2.35. The highest BCUT2D eigenvalue weighted by molar-refractivity contribution is 4.75. The van der Waals surface area contributed by atoms with E-state index in [-0.39, 0.29) is 0 Å². The van der Waals surface area contributed by atoms with Crippen LogP contribution in [-0.2, 0) is 0 Å². The van der Waals surface area contributed by atoms with Gasteiger partial charge in [-0.2, -0.15) is 0 Å². The van der Waals surface area contributed by atoms with Crippen molar-refractivity contribution in [2.75, 3.05) is 6.54 Å². The van der Waals surface area contributed by atoms with Crippen LogP contribution in [0.4, 0.5) is 0 Å². The summed E-state index contributed by atoms with van der Waals surface area (Å²) in [6.45, 7) is 5.90. The van der Waals surface area contributed by atoms with Gasteiger partial charge in [0.15, 0.2) is 0 Å². The molecule has 0 aromatic rings. The largest absolute Gasteiger partial charge is 0.314 e. The van der Waals surface area contributed by atoms with Crippen LogP contribution >= 0.6 is 0 Å². The highest BCUT2D eigenvalue weighted by atomic mass is 14.9. The fourth-order valence-corrected chi connectivity index (χ4v) is 2.83. The van der Waals surface area contributed by atoms with E-state index < -0.39 is 0 Å². The molecule has 1 heteroatoms. The molecular weight excluding hydrogens is 206 g/mol. The Balaban J connectivity index is 1.81. The average molecular weight is 239 g/mol. The van der Waals surface area contributed by atoms with Crippen LogP contribution in [0.25, 0.3) is 0 Å². The van der Waals surface area contributed by atoms with Crippen molar-refractivity contribution < 1.29 is 0 Å². The van der Waals surface area contributed by atoms with Crippen molar-refractivity contribution in [1.29, 1.82) is 0 Å². The molecule has 1 nitrogen and oxygen atoms in total.